The number of allylic oxidation sites excluding steroid dienone is 2. The van der Waals surface area contributed by atoms with Crippen molar-refractivity contribution in [3.63, 3.8) is 0 Å². The summed E-state index contributed by atoms with van der Waals surface area (Å²) in [6.45, 7) is 10.7. The molecule has 0 radical (unpaired) electrons. The molecule has 308 valence electrons. The molecule has 2 aromatic carbocycles. The first-order chi connectivity index (χ1) is 28.4. The molecule has 7 rings (SSSR count). The molecule has 1 aliphatic heterocycles. The van der Waals surface area contributed by atoms with Crippen LogP contribution >= 0.6 is 0 Å². The summed E-state index contributed by atoms with van der Waals surface area (Å²) in [6.07, 6.45) is 6.45. The number of imidazole rings is 2. The highest BCUT2D eigenvalue weighted by molar-refractivity contribution is 6.05. The van der Waals surface area contributed by atoms with Crippen molar-refractivity contribution in [3.05, 3.63) is 88.5 Å². The maximum absolute atomic E-state index is 13.8. The molecule has 4 aromatic heterocycles. The van der Waals surface area contributed by atoms with Crippen molar-refractivity contribution < 1.29 is 28.7 Å². The normalized spacial score (nSPS) is 13.4. The molecule has 0 saturated carbocycles. The Kier molecular flexibility index (Phi) is 11.9. The smallest absolute Gasteiger partial charge is 0.276 e. The summed E-state index contributed by atoms with van der Waals surface area (Å²) in [7, 11) is 0. The molecule has 0 unspecified atom stereocenters. The number of anilines is 2. The summed E-state index contributed by atoms with van der Waals surface area (Å²) in [5.41, 5.74) is 16.0. The van der Waals surface area contributed by atoms with Crippen LogP contribution in [0.4, 0.5) is 11.9 Å². The number of carbonyl (C=O) groups is 4. The zero-order valence-corrected chi connectivity index (χ0v) is 33.5. The van der Waals surface area contributed by atoms with Crippen LogP contribution in [0.25, 0.3) is 22.1 Å². The zero-order chi connectivity index (χ0) is 41.8. The summed E-state index contributed by atoms with van der Waals surface area (Å²) in [5, 5.41) is 14.7. The first-order valence-electron chi connectivity index (χ1n) is 19.6. The fourth-order valence-corrected chi connectivity index (χ4v) is 7.32. The minimum absolute atomic E-state index is 0.208. The molecule has 4 amide bonds. The Hall–Kier alpha value is -6.82. The van der Waals surface area contributed by atoms with Gasteiger partial charge < -0.3 is 30.1 Å². The highest BCUT2D eigenvalue weighted by Gasteiger charge is 2.23. The van der Waals surface area contributed by atoms with Gasteiger partial charge in [-0.25, -0.2) is 9.97 Å². The number of carbonyl (C=O) groups excluding carboxylic acids is 4. The number of hydrogen-bond donors (Lipinski definition) is 4. The van der Waals surface area contributed by atoms with E-state index in [-0.39, 0.29) is 36.1 Å². The van der Waals surface area contributed by atoms with Crippen molar-refractivity contribution in [1.82, 2.24) is 38.7 Å². The number of benzene rings is 2. The third kappa shape index (κ3) is 8.72. The summed E-state index contributed by atoms with van der Waals surface area (Å²) in [5.74, 6) is -0.738. The van der Waals surface area contributed by atoms with E-state index in [4.69, 9.17) is 25.9 Å². The number of ether oxygens (including phenoxy) is 2. The van der Waals surface area contributed by atoms with Gasteiger partial charge in [0.2, 0.25) is 23.7 Å². The summed E-state index contributed by atoms with van der Waals surface area (Å²) < 4.78 is 18.8. The molecule has 5 heterocycles. The number of aromatic nitrogens is 8. The molecular formula is C41H48N12O6. The van der Waals surface area contributed by atoms with Crippen molar-refractivity contribution in [3.8, 4) is 5.75 Å². The van der Waals surface area contributed by atoms with Crippen LogP contribution in [-0.4, -0.2) is 82.1 Å². The topological polar surface area (TPSA) is 234 Å². The largest absolute Gasteiger partial charge is 0.491 e. The first kappa shape index (κ1) is 40.4. The second-order valence-electron chi connectivity index (χ2n) is 14.4. The van der Waals surface area contributed by atoms with E-state index in [1.165, 1.54) is 0 Å². The molecule has 18 nitrogen and oxygen atoms in total. The fourth-order valence-electron chi connectivity index (χ4n) is 7.32. The highest BCUT2D eigenvalue weighted by Crippen LogP contribution is 2.32. The number of nitrogens with two attached hydrogens (primary N) is 2. The van der Waals surface area contributed by atoms with Crippen LogP contribution in [0.15, 0.2) is 54.6 Å². The SMILES string of the molecule is CCn1nc(C)cc1C(=O)Nc1nc2cc(C(N)=O)ccc2n1C/C=C/Cn1c(NC(=O)c2cc(C)nn2CC)nc2cc(C(N)=O)cc(OCCC3CCOCC3)c21. The lowest BCUT2D eigenvalue weighted by atomic mass is 9.97. The second kappa shape index (κ2) is 17.4. The molecule has 6 N–H and O–H groups in total. The number of rotatable bonds is 16. The van der Waals surface area contributed by atoms with E-state index in [9.17, 15) is 19.2 Å². The van der Waals surface area contributed by atoms with E-state index in [0.29, 0.717) is 89.4 Å². The van der Waals surface area contributed by atoms with Crippen LogP contribution in [0.5, 0.6) is 5.75 Å². The van der Waals surface area contributed by atoms with Gasteiger partial charge in [0.05, 0.1) is 34.5 Å². The Morgan fingerprint density at radius 1 is 0.780 bits per heavy atom. The molecule has 18 heteroatoms. The van der Waals surface area contributed by atoms with E-state index >= 15 is 0 Å². The Morgan fingerprint density at radius 2 is 1.34 bits per heavy atom. The van der Waals surface area contributed by atoms with Crippen LogP contribution in [0.3, 0.4) is 0 Å². The standard InChI is InChI=1S/C41H48N12O6/c1-5-52-32(19-24(3)48-52)38(56)46-40-44-29-21-27(36(42)54)9-10-31(29)50(40)14-7-8-15-51-35-30(45-41(51)47-39(57)33-20-25(4)49-53(33)6-2)22-28(37(43)55)23-34(35)59-18-13-26-11-16-58-17-12-26/h7-10,19-23,26H,5-6,11-18H2,1-4H3,(H2,42,54)(H2,43,55)(H,44,46,56)(H,45,47,57)/b8-7+. The number of primary amides is 2. The summed E-state index contributed by atoms with van der Waals surface area (Å²) >= 11 is 0. The molecule has 1 aliphatic rings. The van der Waals surface area contributed by atoms with E-state index in [1.54, 1.807) is 61.0 Å². The summed E-state index contributed by atoms with van der Waals surface area (Å²) in [6, 6.07) is 11.5. The Labute approximate surface area is 339 Å². The lowest BCUT2D eigenvalue weighted by Crippen LogP contribution is -2.20. The number of aryl methyl sites for hydroxylation is 4. The van der Waals surface area contributed by atoms with E-state index < -0.39 is 23.6 Å². The quantitative estimate of drug-likeness (QED) is 0.0994. The van der Waals surface area contributed by atoms with Crippen LogP contribution in [0.1, 0.15) is 86.2 Å². The van der Waals surface area contributed by atoms with Crippen molar-refractivity contribution in [2.45, 2.75) is 73.1 Å². The minimum Gasteiger partial charge on any atom is -0.491 e. The van der Waals surface area contributed by atoms with Gasteiger partial charge in [-0.1, -0.05) is 12.2 Å². The van der Waals surface area contributed by atoms with Gasteiger partial charge in [0.15, 0.2) is 0 Å². The monoisotopic (exact) mass is 804 g/mol. The summed E-state index contributed by atoms with van der Waals surface area (Å²) in [4.78, 5) is 61.3. The van der Waals surface area contributed by atoms with Crippen LogP contribution in [0, 0.1) is 19.8 Å². The van der Waals surface area contributed by atoms with Crippen LogP contribution in [0.2, 0.25) is 0 Å². The van der Waals surface area contributed by atoms with Crippen LogP contribution < -0.4 is 26.8 Å². The van der Waals surface area contributed by atoms with Crippen molar-refractivity contribution >= 4 is 57.6 Å². The van der Waals surface area contributed by atoms with Gasteiger partial charge in [-0.05, 0) is 95.3 Å². The molecule has 59 heavy (non-hydrogen) atoms. The maximum atomic E-state index is 13.8. The molecule has 6 aromatic rings. The number of hydrogen-bond acceptors (Lipinski definition) is 10. The average Bonchev–Trinajstić information content (AvgIpc) is 3.98. The third-order valence-corrected chi connectivity index (χ3v) is 10.3. The average molecular weight is 805 g/mol. The second-order valence-corrected chi connectivity index (χ2v) is 14.4. The van der Waals surface area contributed by atoms with Gasteiger partial charge in [0.25, 0.3) is 11.8 Å². The molecular weight excluding hydrogens is 757 g/mol. The predicted octanol–water partition coefficient (Wildman–Crippen LogP) is 4.59. The highest BCUT2D eigenvalue weighted by atomic mass is 16.5. The lowest BCUT2D eigenvalue weighted by Gasteiger charge is -2.22. The first-order valence-corrected chi connectivity index (χ1v) is 19.6. The molecule has 0 spiro atoms. The van der Waals surface area contributed by atoms with E-state index in [1.807, 2.05) is 39.8 Å². The molecule has 0 atom stereocenters. The number of amides is 4. The Bertz CT molecular complexity index is 2590. The van der Waals surface area contributed by atoms with Gasteiger partial charge in [-0.2, -0.15) is 10.2 Å². The third-order valence-electron chi connectivity index (χ3n) is 10.3. The van der Waals surface area contributed by atoms with Gasteiger partial charge in [0, 0.05) is 50.5 Å². The Balaban J connectivity index is 1.24. The van der Waals surface area contributed by atoms with Crippen molar-refractivity contribution in [2.75, 3.05) is 30.5 Å². The van der Waals surface area contributed by atoms with Gasteiger partial charge in [-0.3, -0.25) is 39.2 Å². The zero-order valence-electron chi connectivity index (χ0n) is 33.5. The predicted molar refractivity (Wildman–Crippen MR) is 220 cm³/mol. The van der Waals surface area contributed by atoms with Gasteiger partial charge in [-0.15, -0.1) is 0 Å². The van der Waals surface area contributed by atoms with E-state index in [0.717, 1.165) is 19.3 Å². The molecule has 0 bridgehead atoms. The van der Waals surface area contributed by atoms with Gasteiger partial charge in [0.1, 0.15) is 22.7 Å². The van der Waals surface area contributed by atoms with Crippen LogP contribution in [-0.2, 0) is 30.9 Å². The van der Waals surface area contributed by atoms with Crippen molar-refractivity contribution in [1.29, 1.82) is 0 Å². The lowest BCUT2D eigenvalue weighted by molar-refractivity contribution is 0.0594. The number of fused-ring (bicyclic) bond motifs is 2. The van der Waals surface area contributed by atoms with E-state index in [2.05, 4.69) is 25.8 Å². The fraction of sp³-hybridized carbons (Fsp3) is 0.366. The van der Waals surface area contributed by atoms with Crippen molar-refractivity contribution in [2.24, 2.45) is 17.4 Å². The van der Waals surface area contributed by atoms with Gasteiger partial charge >= 0.3 is 0 Å². The molecule has 0 aliphatic carbocycles. The molecule has 1 fully saturated rings. The minimum atomic E-state index is -0.642. The number of nitrogens with zero attached hydrogens (tertiary/aromatic N) is 8. The number of nitrogens with one attached hydrogen (secondary N) is 2. The molecule has 1 saturated heterocycles. The Morgan fingerprint density at radius 3 is 1.93 bits per heavy atom. The maximum Gasteiger partial charge on any atom is 0.276 e.